The highest BCUT2D eigenvalue weighted by atomic mass is 32.2. The quantitative estimate of drug-likeness (QED) is 0.701. The van der Waals surface area contributed by atoms with Crippen molar-refractivity contribution in [2.75, 3.05) is 4.90 Å². The minimum absolute atomic E-state index is 0.128. The highest BCUT2D eigenvalue weighted by molar-refractivity contribution is 8.00. The van der Waals surface area contributed by atoms with Crippen molar-refractivity contribution >= 4 is 23.4 Å². The number of fused-ring (bicyclic) bond motifs is 5. The standard InChI is InChI=1S/C14H9NOS/c16-13-9-5-1-2-6-10(9)14-15(13)11-7-3-4-8-12(11)17-14/h1-8,14H/t14-/m1/s1. The number of carbonyl (C=O) groups is 1. The number of anilines is 1. The smallest absolute Gasteiger partial charge is 0.259 e. The second-order valence-electron chi connectivity index (χ2n) is 4.20. The molecule has 2 aromatic rings. The maximum atomic E-state index is 12.4. The molecule has 2 aliphatic rings. The molecule has 0 aliphatic carbocycles. The second kappa shape index (κ2) is 3.14. The van der Waals surface area contributed by atoms with Crippen molar-refractivity contribution in [3.63, 3.8) is 0 Å². The molecule has 2 aliphatic heterocycles. The van der Waals surface area contributed by atoms with Crippen LogP contribution in [0.1, 0.15) is 21.3 Å². The first-order valence-corrected chi connectivity index (χ1v) is 6.42. The first-order valence-electron chi connectivity index (χ1n) is 5.54. The molecule has 0 radical (unpaired) electrons. The van der Waals surface area contributed by atoms with E-state index in [-0.39, 0.29) is 11.3 Å². The Morgan fingerprint density at radius 2 is 1.76 bits per heavy atom. The van der Waals surface area contributed by atoms with Crippen LogP contribution in [0.25, 0.3) is 0 Å². The zero-order chi connectivity index (χ0) is 11.4. The first kappa shape index (κ1) is 9.31. The molecule has 0 N–H and O–H groups in total. The van der Waals surface area contributed by atoms with Crippen LogP contribution in [0, 0.1) is 0 Å². The second-order valence-corrected chi connectivity index (χ2v) is 5.32. The molecule has 1 atom stereocenters. The summed E-state index contributed by atoms with van der Waals surface area (Å²) in [6.45, 7) is 0. The molecule has 82 valence electrons. The van der Waals surface area contributed by atoms with Crippen molar-refractivity contribution in [1.82, 2.24) is 0 Å². The van der Waals surface area contributed by atoms with Gasteiger partial charge in [0, 0.05) is 10.5 Å². The lowest BCUT2D eigenvalue weighted by Crippen LogP contribution is -2.22. The van der Waals surface area contributed by atoms with Crippen molar-refractivity contribution in [2.45, 2.75) is 10.3 Å². The van der Waals surface area contributed by atoms with Crippen LogP contribution >= 0.6 is 11.8 Å². The maximum absolute atomic E-state index is 12.4. The largest absolute Gasteiger partial charge is 0.290 e. The van der Waals surface area contributed by atoms with Gasteiger partial charge in [0.1, 0.15) is 5.37 Å². The minimum atomic E-state index is 0.128. The number of benzene rings is 2. The van der Waals surface area contributed by atoms with E-state index in [4.69, 9.17) is 0 Å². The molecule has 17 heavy (non-hydrogen) atoms. The summed E-state index contributed by atoms with van der Waals surface area (Å²) in [4.78, 5) is 15.5. The van der Waals surface area contributed by atoms with Gasteiger partial charge in [0.15, 0.2) is 0 Å². The van der Waals surface area contributed by atoms with E-state index in [9.17, 15) is 4.79 Å². The average molecular weight is 239 g/mol. The summed E-state index contributed by atoms with van der Waals surface area (Å²) >= 11 is 1.76. The summed E-state index contributed by atoms with van der Waals surface area (Å²) in [6, 6.07) is 16.0. The van der Waals surface area contributed by atoms with E-state index in [1.165, 1.54) is 4.90 Å². The van der Waals surface area contributed by atoms with Crippen LogP contribution in [0.2, 0.25) is 0 Å². The summed E-state index contributed by atoms with van der Waals surface area (Å²) in [7, 11) is 0. The Morgan fingerprint density at radius 1 is 1.00 bits per heavy atom. The summed E-state index contributed by atoms with van der Waals surface area (Å²) in [5.74, 6) is 0.128. The highest BCUT2D eigenvalue weighted by Crippen LogP contribution is 2.55. The average Bonchev–Trinajstić information content (AvgIpc) is 2.88. The van der Waals surface area contributed by atoms with E-state index >= 15 is 0 Å². The van der Waals surface area contributed by atoms with Crippen LogP contribution in [-0.2, 0) is 0 Å². The molecule has 0 aromatic heterocycles. The predicted molar refractivity (Wildman–Crippen MR) is 68.3 cm³/mol. The Kier molecular flexibility index (Phi) is 1.72. The molecule has 0 saturated carbocycles. The Balaban J connectivity index is 1.94. The van der Waals surface area contributed by atoms with Gasteiger partial charge in [-0.3, -0.25) is 9.69 Å². The topological polar surface area (TPSA) is 20.3 Å². The molecule has 2 nitrogen and oxygen atoms in total. The fourth-order valence-electron chi connectivity index (χ4n) is 2.51. The normalized spacial score (nSPS) is 20.1. The van der Waals surface area contributed by atoms with Crippen LogP contribution in [0.5, 0.6) is 0 Å². The lowest BCUT2D eigenvalue weighted by molar-refractivity contribution is 0.0996. The molecular formula is C14H9NOS. The molecule has 0 spiro atoms. The molecule has 1 amide bonds. The Labute approximate surface area is 103 Å². The molecule has 0 unspecified atom stereocenters. The van der Waals surface area contributed by atoms with Gasteiger partial charge in [-0.15, -0.1) is 0 Å². The first-order chi connectivity index (χ1) is 8.36. The van der Waals surface area contributed by atoms with E-state index in [0.717, 1.165) is 16.8 Å². The minimum Gasteiger partial charge on any atom is -0.290 e. The van der Waals surface area contributed by atoms with Crippen molar-refractivity contribution < 1.29 is 4.79 Å². The number of rotatable bonds is 0. The van der Waals surface area contributed by atoms with Gasteiger partial charge in [0.05, 0.1) is 5.69 Å². The van der Waals surface area contributed by atoms with Crippen LogP contribution in [0.3, 0.4) is 0 Å². The van der Waals surface area contributed by atoms with E-state index in [1.54, 1.807) is 11.8 Å². The fourth-order valence-corrected chi connectivity index (χ4v) is 3.84. The van der Waals surface area contributed by atoms with Gasteiger partial charge in [0.2, 0.25) is 0 Å². The molecule has 2 aromatic carbocycles. The molecule has 2 heterocycles. The van der Waals surface area contributed by atoms with Gasteiger partial charge in [0.25, 0.3) is 5.91 Å². The summed E-state index contributed by atoms with van der Waals surface area (Å²) < 4.78 is 0. The third kappa shape index (κ3) is 1.09. The number of amides is 1. The number of nitrogens with zero attached hydrogens (tertiary/aromatic N) is 1. The lowest BCUT2D eigenvalue weighted by atomic mass is 10.1. The van der Waals surface area contributed by atoms with Crippen molar-refractivity contribution in [3.05, 3.63) is 59.7 Å². The third-order valence-electron chi connectivity index (χ3n) is 3.27. The van der Waals surface area contributed by atoms with Crippen molar-refractivity contribution in [2.24, 2.45) is 0 Å². The van der Waals surface area contributed by atoms with Crippen molar-refractivity contribution in [3.8, 4) is 0 Å². The monoisotopic (exact) mass is 239 g/mol. The zero-order valence-corrected chi connectivity index (χ0v) is 9.78. The SMILES string of the molecule is O=C1c2ccccc2[C@H]2Sc3ccccc3N12. The number of hydrogen-bond acceptors (Lipinski definition) is 2. The number of hydrogen-bond donors (Lipinski definition) is 0. The van der Waals surface area contributed by atoms with E-state index in [2.05, 4.69) is 12.1 Å². The van der Waals surface area contributed by atoms with Gasteiger partial charge in [-0.2, -0.15) is 0 Å². The van der Waals surface area contributed by atoms with Gasteiger partial charge in [-0.05, 0) is 23.8 Å². The number of carbonyl (C=O) groups excluding carboxylic acids is 1. The van der Waals surface area contributed by atoms with Crippen molar-refractivity contribution in [1.29, 1.82) is 0 Å². The Hall–Kier alpha value is -1.74. The van der Waals surface area contributed by atoms with E-state index in [1.807, 2.05) is 41.3 Å². The molecule has 4 rings (SSSR count). The number of thioether (sulfide) groups is 1. The number of para-hydroxylation sites is 1. The molecule has 3 heteroatoms. The summed E-state index contributed by atoms with van der Waals surface area (Å²) in [5, 5.41) is 0.135. The fraction of sp³-hybridized carbons (Fsp3) is 0.0714. The van der Waals surface area contributed by atoms with Crippen LogP contribution in [0.4, 0.5) is 5.69 Å². The van der Waals surface area contributed by atoms with Crippen LogP contribution < -0.4 is 4.90 Å². The molecular weight excluding hydrogens is 230 g/mol. The summed E-state index contributed by atoms with van der Waals surface area (Å²) in [6.07, 6.45) is 0. The van der Waals surface area contributed by atoms with Gasteiger partial charge in [-0.25, -0.2) is 0 Å². The maximum Gasteiger partial charge on any atom is 0.259 e. The molecule has 0 bridgehead atoms. The van der Waals surface area contributed by atoms with Gasteiger partial charge in [-0.1, -0.05) is 42.1 Å². The zero-order valence-electron chi connectivity index (χ0n) is 8.96. The van der Waals surface area contributed by atoms with Gasteiger partial charge >= 0.3 is 0 Å². The third-order valence-corrected chi connectivity index (χ3v) is 4.56. The van der Waals surface area contributed by atoms with Crippen LogP contribution in [-0.4, -0.2) is 5.91 Å². The van der Waals surface area contributed by atoms with Crippen LogP contribution in [0.15, 0.2) is 53.4 Å². The van der Waals surface area contributed by atoms with E-state index in [0.29, 0.717) is 0 Å². The predicted octanol–water partition coefficient (Wildman–Crippen LogP) is 3.45. The van der Waals surface area contributed by atoms with Gasteiger partial charge < -0.3 is 0 Å². The molecule has 0 saturated heterocycles. The Bertz CT molecular complexity index is 638. The highest BCUT2D eigenvalue weighted by Gasteiger charge is 2.43. The van der Waals surface area contributed by atoms with E-state index < -0.39 is 0 Å². The molecule has 0 fully saturated rings. The lowest BCUT2D eigenvalue weighted by Gasteiger charge is -2.15. The summed E-state index contributed by atoms with van der Waals surface area (Å²) in [5.41, 5.74) is 3.03. The Morgan fingerprint density at radius 3 is 2.71 bits per heavy atom.